The number of carbonyl (C=O) groups excluding carboxylic acids is 2. The molecule has 0 aromatic heterocycles. The van der Waals surface area contributed by atoms with Crippen molar-refractivity contribution in [2.24, 2.45) is 5.92 Å². The number of hydrogen-bond acceptors (Lipinski definition) is 5. The molecule has 2 amide bonds. The normalized spacial score (nSPS) is 25.6. The molecule has 0 saturated carbocycles. The standard InChI is InChI=1S/C25H35F3N4O5S/c1-3-20(17-8-10-19(11-9-17)25(26,27)28)29-22(33)21-7-5-13-32(21)23(34)18-6-4-12-30(14-18)38(36,37)31-15-24(2,35)16-31/h8-11,18,20-21,35H,3-7,12-16H2,1-2H3,(H,29,33)/t18-,20+,21+/m0/s1. The van der Waals surface area contributed by atoms with Crippen LogP contribution in [0.4, 0.5) is 13.2 Å². The number of carbonyl (C=O) groups is 2. The molecule has 3 fully saturated rings. The molecule has 2 N–H and O–H groups in total. The summed E-state index contributed by atoms with van der Waals surface area (Å²) in [7, 11) is -3.79. The maximum Gasteiger partial charge on any atom is 0.416 e. The Hall–Kier alpha value is -2.22. The third-order valence-corrected chi connectivity index (χ3v) is 9.52. The Morgan fingerprint density at radius 2 is 1.74 bits per heavy atom. The van der Waals surface area contributed by atoms with Crippen LogP contribution in [-0.2, 0) is 26.0 Å². The fraction of sp³-hybridized carbons (Fsp3) is 0.680. The second-order valence-corrected chi connectivity index (χ2v) is 12.7. The smallest absolute Gasteiger partial charge is 0.387 e. The molecule has 212 valence electrons. The Bertz CT molecular complexity index is 1130. The predicted molar refractivity (Wildman–Crippen MR) is 133 cm³/mol. The second-order valence-electron chi connectivity index (χ2n) is 10.7. The van der Waals surface area contributed by atoms with Crippen LogP contribution < -0.4 is 5.32 Å². The molecule has 3 atom stereocenters. The number of rotatable bonds is 7. The van der Waals surface area contributed by atoms with Crippen LogP contribution in [0.2, 0.25) is 0 Å². The summed E-state index contributed by atoms with van der Waals surface area (Å²) in [4.78, 5) is 28.2. The van der Waals surface area contributed by atoms with Gasteiger partial charge in [-0.25, -0.2) is 0 Å². The molecule has 1 aromatic carbocycles. The Morgan fingerprint density at radius 3 is 2.32 bits per heavy atom. The first-order chi connectivity index (χ1) is 17.7. The van der Waals surface area contributed by atoms with Gasteiger partial charge in [-0.3, -0.25) is 9.59 Å². The van der Waals surface area contributed by atoms with Gasteiger partial charge in [0.1, 0.15) is 6.04 Å². The number of likely N-dealkylation sites (tertiary alicyclic amines) is 1. The molecule has 3 aliphatic rings. The van der Waals surface area contributed by atoms with Crippen molar-refractivity contribution in [3.05, 3.63) is 35.4 Å². The van der Waals surface area contributed by atoms with Crippen LogP contribution in [0.3, 0.4) is 0 Å². The van der Waals surface area contributed by atoms with Gasteiger partial charge in [0.15, 0.2) is 0 Å². The molecule has 3 aliphatic heterocycles. The number of hydrogen-bond donors (Lipinski definition) is 2. The molecule has 0 radical (unpaired) electrons. The quantitative estimate of drug-likeness (QED) is 0.532. The van der Waals surface area contributed by atoms with Gasteiger partial charge in [0.05, 0.1) is 23.1 Å². The van der Waals surface area contributed by atoms with E-state index in [1.54, 1.807) is 6.92 Å². The fourth-order valence-electron chi connectivity index (χ4n) is 5.52. The van der Waals surface area contributed by atoms with Crippen molar-refractivity contribution in [1.82, 2.24) is 18.8 Å². The average molecular weight is 561 g/mol. The van der Waals surface area contributed by atoms with Gasteiger partial charge in [-0.2, -0.15) is 30.2 Å². The number of nitrogens with zero attached hydrogens (tertiary/aromatic N) is 3. The van der Waals surface area contributed by atoms with E-state index in [1.165, 1.54) is 25.6 Å². The van der Waals surface area contributed by atoms with E-state index in [0.29, 0.717) is 50.8 Å². The maximum atomic E-state index is 13.5. The molecule has 1 aromatic rings. The largest absolute Gasteiger partial charge is 0.416 e. The highest BCUT2D eigenvalue weighted by atomic mass is 32.2. The summed E-state index contributed by atoms with van der Waals surface area (Å²) in [6, 6.07) is 3.45. The highest BCUT2D eigenvalue weighted by molar-refractivity contribution is 7.86. The minimum Gasteiger partial charge on any atom is -0.387 e. The molecule has 0 spiro atoms. The lowest BCUT2D eigenvalue weighted by Crippen LogP contribution is -2.65. The van der Waals surface area contributed by atoms with Gasteiger partial charge in [-0.1, -0.05) is 19.1 Å². The number of aliphatic hydroxyl groups is 1. The minimum atomic E-state index is -4.45. The van der Waals surface area contributed by atoms with Crippen molar-refractivity contribution < 1.29 is 36.3 Å². The Labute approximate surface area is 221 Å². The van der Waals surface area contributed by atoms with Gasteiger partial charge in [-0.15, -0.1) is 0 Å². The first kappa shape index (κ1) is 28.8. The van der Waals surface area contributed by atoms with Gasteiger partial charge in [-0.05, 0) is 56.7 Å². The second kappa shape index (κ2) is 10.7. The van der Waals surface area contributed by atoms with Crippen LogP contribution in [0.5, 0.6) is 0 Å². The van der Waals surface area contributed by atoms with Crippen LogP contribution >= 0.6 is 0 Å². The van der Waals surface area contributed by atoms with E-state index in [4.69, 9.17) is 0 Å². The summed E-state index contributed by atoms with van der Waals surface area (Å²) in [6.45, 7) is 4.10. The van der Waals surface area contributed by atoms with Crippen molar-refractivity contribution in [3.8, 4) is 0 Å². The predicted octanol–water partition coefficient (Wildman–Crippen LogP) is 2.29. The first-order valence-electron chi connectivity index (χ1n) is 13.0. The molecular weight excluding hydrogens is 525 g/mol. The van der Waals surface area contributed by atoms with Gasteiger partial charge < -0.3 is 15.3 Å². The molecule has 3 saturated heterocycles. The van der Waals surface area contributed by atoms with Crippen molar-refractivity contribution in [3.63, 3.8) is 0 Å². The third kappa shape index (κ3) is 6.00. The van der Waals surface area contributed by atoms with E-state index in [9.17, 15) is 36.3 Å². The molecule has 9 nitrogen and oxygen atoms in total. The van der Waals surface area contributed by atoms with Crippen LogP contribution in [0.15, 0.2) is 24.3 Å². The Kier molecular flexibility index (Phi) is 8.14. The van der Waals surface area contributed by atoms with Crippen LogP contribution in [0.25, 0.3) is 0 Å². The van der Waals surface area contributed by atoms with Crippen molar-refractivity contribution in [2.45, 2.75) is 69.8 Å². The van der Waals surface area contributed by atoms with Crippen LogP contribution in [0.1, 0.15) is 63.1 Å². The van der Waals surface area contributed by atoms with Crippen molar-refractivity contribution >= 4 is 22.0 Å². The molecule has 0 aliphatic carbocycles. The van der Waals surface area contributed by atoms with Crippen molar-refractivity contribution in [2.75, 3.05) is 32.7 Å². The molecule has 38 heavy (non-hydrogen) atoms. The lowest BCUT2D eigenvalue weighted by molar-refractivity contribution is -0.142. The van der Waals surface area contributed by atoms with E-state index in [2.05, 4.69) is 5.32 Å². The zero-order valence-corrected chi connectivity index (χ0v) is 22.4. The van der Waals surface area contributed by atoms with E-state index in [-0.39, 0.29) is 31.4 Å². The highest BCUT2D eigenvalue weighted by Gasteiger charge is 2.47. The van der Waals surface area contributed by atoms with E-state index < -0.39 is 45.6 Å². The van der Waals surface area contributed by atoms with Gasteiger partial charge in [0, 0.05) is 32.7 Å². The number of amides is 2. The number of piperidine rings is 1. The molecule has 3 heterocycles. The maximum absolute atomic E-state index is 13.5. The van der Waals surface area contributed by atoms with Crippen LogP contribution in [0, 0.1) is 5.92 Å². The third-order valence-electron chi connectivity index (χ3n) is 7.62. The topological polar surface area (TPSA) is 110 Å². The summed E-state index contributed by atoms with van der Waals surface area (Å²) in [5.74, 6) is -1.21. The summed E-state index contributed by atoms with van der Waals surface area (Å²) in [6.07, 6.45) is -1.89. The fourth-order valence-corrected chi connectivity index (χ4v) is 7.46. The Morgan fingerprint density at radius 1 is 1.11 bits per heavy atom. The highest BCUT2D eigenvalue weighted by Crippen LogP contribution is 2.32. The number of halogens is 3. The lowest BCUT2D eigenvalue weighted by Gasteiger charge is -2.46. The van der Waals surface area contributed by atoms with E-state index in [1.807, 2.05) is 6.92 Å². The van der Waals surface area contributed by atoms with Gasteiger partial charge in [0.2, 0.25) is 11.8 Å². The zero-order chi connectivity index (χ0) is 27.9. The monoisotopic (exact) mass is 560 g/mol. The van der Waals surface area contributed by atoms with Crippen LogP contribution in [-0.4, -0.2) is 83.2 Å². The zero-order valence-electron chi connectivity index (χ0n) is 21.6. The lowest BCUT2D eigenvalue weighted by atomic mass is 9.97. The molecule has 13 heteroatoms. The molecule has 0 unspecified atom stereocenters. The number of alkyl halides is 3. The summed E-state index contributed by atoms with van der Waals surface area (Å²) in [5, 5.41) is 12.8. The van der Waals surface area contributed by atoms with Crippen molar-refractivity contribution in [1.29, 1.82) is 0 Å². The number of benzene rings is 1. The van der Waals surface area contributed by atoms with Gasteiger partial charge >= 0.3 is 6.18 Å². The summed E-state index contributed by atoms with van der Waals surface area (Å²) < 4.78 is 67.2. The minimum absolute atomic E-state index is 0.0103. The van der Waals surface area contributed by atoms with Gasteiger partial charge in [0.25, 0.3) is 10.2 Å². The van der Waals surface area contributed by atoms with E-state index in [0.717, 1.165) is 12.1 Å². The molecule has 4 rings (SSSR count). The molecule has 0 bridgehead atoms. The summed E-state index contributed by atoms with van der Waals surface area (Å²) in [5.41, 5.74) is -1.27. The number of nitrogens with one attached hydrogen (secondary N) is 1. The average Bonchev–Trinajstić information content (AvgIpc) is 3.35. The SMILES string of the molecule is CC[C@@H](NC(=O)[C@H]1CCCN1C(=O)[C@H]1CCCN(S(=O)(=O)N2CC(C)(O)C2)C1)c1ccc(C(F)(F)F)cc1. The Balaban J connectivity index is 1.40. The van der Waals surface area contributed by atoms with E-state index >= 15 is 0 Å². The number of β-amino-alcohol motifs (C(OH)–C–C–N with tert-alkyl or cyclic N) is 1. The first-order valence-corrected chi connectivity index (χ1v) is 14.4. The molecular formula is C25H35F3N4O5S. The summed E-state index contributed by atoms with van der Waals surface area (Å²) >= 11 is 0.